The molecule has 0 N–H and O–H groups in total. The van der Waals surface area contributed by atoms with E-state index < -0.39 is 24.1 Å². The molecule has 0 radical (unpaired) electrons. The number of hydrogen-bond donors (Lipinski definition) is 0. The van der Waals surface area contributed by atoms with E-state index in [0.717, 1.165) is 72.9 Å². The molecule has 0 amide bonds. The minimum absolute atomic E-state index is 0.188. The fourth-order valence-electron chi connectivity index (χ4n) is 5.19. The quantitative estimate of drug-likeness (QED) is 0.0532. The zero-order valence-electron chi connectivity index (χ0n) is 27.4. The zero-order valence-corrected chi connectivity index (χ0v) is 28.2. The van der Waals surface area contributed by atoms with E-state index in [0.29, 0.717) is 40.5 Å². The molecule has 0 saturated heterocycles. The molecule has 0 aliphatic rings. The lowest BCUT2D eigenvalue weighted by Gasteiger charge is -2.23. The number of esters is 2. The highest BCUT2D eigenvalue weighted by atomic mass is 35.5. The van der Waals surface area contributed by atoms with E-state index in [2.05, 4.69) is 27.0 Å². The molecule has 2 atom stereocenters. The molecule has 0 heterocycles. The molecule has 0 aromatic heterocycles. The van der Waals surface area contributed by atoms with Crippen molar-refractivity contribution in [3.63, 3.8) is 0 Å². The summed E-state index contributed by atoms with van der Waals surface area (Å²) in [6, 6.07) is 13.5. The first-order valence-electron chi connectivity index (χ1n) is 16.3. The Kier molecular flexibility index (Phi) is 14.8. The van der Waals surface area contributed by atoms with Crippen molar-refractivity contribution in [2.45, 2.75) is 104 Å². The highest BCUT2D eigenvalue weighted by Gasteiger charge is 2.22. The molecule has 2 unspecified atom stereocenters. The summed E-state index contributed by atoms with van der Waals surface area (Å²) < 4.78 is 24.6. The van der Waals surface area contributed by atoms with Crippen LogP contribution in [0.5, 0.6) is 11.5 Å². The second kappa shape index (κ2) is 18.5. The predicted octanol–water partition coefficient (Wildman–Crippen LogP) is 10.3. The van der Waals surface area contributed by atoms with Crippen LogP contribution in [-0.2, 0) is 19.1 Å². The summed E-state index contributed by atoms with van der Waals surface area (Å²) >= 11 is 6.51. The van der Waals surface area contributed by atoms with Gasteiger partial charge < -0.3 is 18.9 Å². The molecular formula is C38H49ClO6. The van der Waals surface area contributed by atoms with Gasteiger partial charge in [-0.2, -0.15) is 0 Å². The maximum atomic E-state index is 12.4. The Labute approximate surface area is 273 Å². The monoisotopic (exact) mass is 636 g/mol. The van der Waals surface area contributed by atoms with Gasteiger partial charge in [-0.3, -0.25) is 0 Å². The van der Waals surface area contributed by atoms with Crippen LogP contribution in [0.3, 0.4) is 0 Å². The van der Waals surface area contributed by atoms with Gasteiger partial charge >= 0.3 is 11.9 Å². The summed E-state index contributed by atoms with van der Waals surface area (Å²) in [5.41, 5.74) is 0.716. The SMILES string of the molecule is C=C(C)C(=O)OC(CCCCCC)COc1c2ccccc2c(OCC(CCCCCC)OC(=O)C(=C)C)c2cc(Cl)ccc12. The summed E-state index contributed by atoms with van der Waals surface area (Å²) in [6.07, 6.45) is 9.05. The summed E-state index contributed by atoms with van der Waals surface area (Å²) in [7, 11) is 0. The lowest BCUT2D eigenvalue weighted by molar-refractivity contribution is -0.147. The maximum Gasteiger partial charge on any atom is 0.333 e. The Morgan fingerprint density at radius 3 is 1.56 bits per heavy atom. The number of carbonyl (C=O) groups is 2. The van der Waals surface area contributed by atoms with Crippen molar-refractivity contribution in [1.29, 1.82) is 0 Å². The van der Waals surface area contributed by atoms with Crippen LogP contribution in [0.4, 0.5) is 0 Å². The summed E-state index contributed by atoms with van der Waals surface area (Å²) in [5, 5.41) is 3.86. The van der Waals surface area contributed by atoms with Crippen LogP contribution in [0.15, 0.2) is 66.8 Å². The molecule has 0 fully saturated rings. The lowest BCUT2D eigenvalue weighted by atomic mass is 10.0. The number of hydrogen-bond acceptors (Lipinski definition) is 6. The van der Waals surface area contributed by atoms with Gasteiger partial charge in [0.15, 0.2) is 0 Å². The van der Waals surface area contributed by atoms with Crippen molar-refractivity contribution >= 4 is 45.1 Å². The van der Waals surface area contributed by atoms with Crippen molar-refractivity contribution in [1.82, 2.24) is 0 Å². The number of ether oxygens (including phenoxy) is 4. The van der Waals surface area contributed by atoms with Crippen LogP contribution in [-0.4, -0.2) is 37.4 Å². The van der Waals surface area contributed by atoms with Crippen LogP contribution < -0.4 is 9.47 Å². The predicted molar refractivity (Wildman–Crippen MR) is 184 cm³/mol. The van der Waals surface area contributed by atoms with E-state index >= 15 is 0 Å². The Bertz CT molecular complexity index is 1460. The van der Waals surface area contributed by atoms with E-state index in [1.54, 1.807) is 13.8 Å². The van der Waals surface area contributed by atoms with Gasteiger partial charge in [-0.25, -0.2) is 9.59 Å². The number of benzene rings is 3. The zero-order chi connectivity index (χ0) is 32.8. The molecular weight excluding hydrogens is 588 g/mol. The Balaban J connectivity index is 1.96. The van der Waals surface area contributed by atoms with Crippen molar-refractivity contribution in [3.05, 3.63) is 71.8 Å². The number of fused-ring (bicyclic) bond motifs is 2. The second-order valence-electron chi connectivity index (χ2n) is 11.8. The van der Waals surface area contributed by atoms with E-state index in [-0.39, 0.29) is 13.2 Å². The number of carbonyl (C=O) groups excluding carboxylic acids is 2. The van der Waals surface area contributed by atoms with Gasteiger partial charge in [-0.05, 0) is 57.7 Å². The first-order valence-corrected chi connectivity index (χ1v) is 16.7. The first-order chi connectivity index (χ1) is 21.7. The number of rotatable bonds is 20. The van der Waals surface area contributed by atoms with Crippen molar-refractivity contribution in [3.8, 4) is 11.5 Å². The number of halogens is 1. The van der Waals surface area contributed by atoms with E-state index in [1.165, 1.54) is 0 Å². The molecule has 3 aromatic rings. The second-order valence-corrected chi connectivity index (χ2v) is 12.3. The lowest BCUT2D eigenvalue weighted by Crippen LogP contribution is -2.26. The molecule has 7 heteroatoms. The minimum Gasteiger partial charge on any atom is -0.488 e. The van der Waals surface area contributed by atoms with E-state index in [1.807, 2.05) is 42.5 Å². The average molecular weight is 637 g/mol. The van der Waals surface area contributed by atoms with Crippen LogP contribution >= 0.6 is 11.6 Å². The highest BCUT2D eigenvalue weighted by molar-refractivity contribution is 6.31. The molecule has 6 nitrogen and oxygen atoms in total. The standard InChI is InChI=1S/C38H49ClO6/c1-7-9-11-13-17-29(44-37(40)26(3)4)24-42-35-31-19-15-16-20-32(31)36(34-23-28(39)21-22-33(34)35)43-25-30(18-14-12-10-8-2)45-38(41)27(5)6/h15-16,19-23,29-30H,3,5,7-14,17-18,24-25H2,1-2,4,6H3. The molecule has 3 rings (SSSR count). The van der Waals surface area contributed by atoms with Crippen LogP contribution in [0.2, 0.25) is 5.02 Å². The molecule has 244 valence electrons. The molecule has 0 bridgehead atoms. The van der Waals surface area contributed by atoms with Gasteiger partial charge in [-0.15, -0.1) is 0 Å². The first kappa shape index (κ1) is 36.0. The molecule has 3 aromatic carbocycles. The van der Waals surface area contributed by atoms with Gasteiger partial charge in [0.25, 0.3) is 0 Å². The summed E-state index contributed by atoms with van der Waals surface area (Å²) in [5.74, 6) is 0.475. The van der Waals surface area contributed by atoms with Crippen molar-refractivity contribution in [2.24, 2.45) is 0 Å². The van der Waals surface area contributed by atoms with E-state index in [9.17, 15) is 9.59 Å². The number of unbranched alkanes of at least 4 members (excludes halogenated alkanes) is 6. The average Bonchev–Trinajstić information content (AvgIpc) is 3.02. The summed E-state index contributed by atoms with van der Waals surface area (Å²) in [6.45, 7) is 15.5. The third-order valence-electron chi connectivity index (χ3n) is 7.72. The van der Waals surface area contributed by atoms with Crippen LogP contribution in [0.25, 0.3) is 21.5 Å². The van der Waals surface area contributed by atoms with E-state index in [4.69, 9.17) is 30.5 Å². The van der Waals surface area contributed by atoms with Gasteiger partial charge in [0, 0.05) is 37.7 Å². The fourth-order valence-corrected chi connectivity index (χ4v) is 5.36. The third kappa shape index (κ3) is 10.8. The molecule has 0 saturated carbocycles. The topological polar surface area (TPSA) is 71.1 Å². The molecule has 0 spiro atoms. The van der Waals surface area contributed by atoms with Gasteiger partial charge in [0.05, 0.1) is 0 Å². The maximum absolute atomic E-state index is 12.4. The fraction of sp³-hybridized carbons (Fsp3) is 0.474. The van der Waals surface area contributed by atoms with Gasteiger partial charge in [-0.1, -0.05) is 101 Å². The largest absolute Gasteiger partial charge is 0.488 e. The Hall–Kier alpha value is -3.51. The van der Waals surface area contributed by atoms with Gasteiger partial charge in [0.2, 0.25) is 0 Å². The van der Waals surface area contributed by atoms with Crippen LogP contribution in [0.1, 0.15) is 91.9 Å². The normalized spacial score (nSPS) is 12.5. The Morgan fingerprint density at radius 1 is 0.667 bits per heavy atom. The Morgan fingerprint density at radius 2 is 1.11 bits per heavy atom. The smallest absolute Gasteiger partial charge is 0.333 e. The van der Waals surface area contributed by atoms with Gasteiger partial charge in [0.1, 0.15) is 36.9 Å². The summed E-state index contributed by atoms with van der Waals surface area (Å²) in [4.78, 5) is 24.9. The van der Waals surface area contributed by atoms with Crippen LogP contribution in [0, 0.1) is 0 Å². The molecule has 45 heavy (non-hydrogen) atoms. The minimum atomic E-state index is -0.425. The van der Waals surface area contributed by atoms with Crippen molar-refractivity contribution < 1.29 is 28.5 Å². The van der Waals surface area contributed by atoms with Crippen molar-refractivity contribution in [2.75, 3.05) is 13.2 Å². The third-order valence-corrected chi connectivity index (χ3v) is 7.95. The highest BCUT2D eigenvalue weighted by Crippen LogP contribution is 2.44. The molecule has 0 aliphatic carbocycles. The molecule has 0 aliphatic heterocycles.